The van der Waals surface area contributed by atoms with Crippen LogP contribution in [0.25, 0.3) is 0 Å². The van der Waals surface area contributed by atoms with Gasteiger partial charge in [-0.25, -0.2) is 4.79 Å². The Labute approximate surface area is 123 Å². The van der Waals surface area contributed by atoms with Crippen LogP contribution in [0.4, 0.5) is 4.79 Å². The van der Waals surface area contributed by atoms with Crippen LogP contribution >= 0.6 is 0 Å². The van der Waals surface area contributed by atoms with E-state index in [1.54, 1.807) is 4.90 Å². The minimum absolute atomic E-state index is 0.0251. The van der Waals surface area contributed by atoms with Gasteiger partial charge in [0.1, 0.15) is 5.60 Å². The number of amides is 1. The van der Waals surface area contributed by atoms with Crippen LogP contribution in [0.15, 0.2) is 11.8 Å². The third-order valence-corrected chi connectivity index (χ3v) is 5.94. The third kappa shape index (κ3) is 4.63. The van der Waals surface area contributed by atoms with Crippen molar-refractivity contribution in [3.63, 3.8) is 0 Å². The first kappa shape index (κ1) is 17.2. The molecule has 0 bridgehead atoms. The van der Waals surface area contributed by atoms with Crippen LogP contribution in [0.1, 0.15) is 27.2 Å². The molecule has 0 aromatic carbocycles. The highest BCUT2D eigenvalue weighted by Gasteiger charge is 2.37. The zero-order valence-corrected chi connectivity index (χ0v) is 14.7. The van der Waals surface area contributed by atoms with E-state index in [9.17, 15) is 9.90 Å². The number of piperidine rings is 1. The third-order valence-electron chi connectivity index (χ3n) is 3.64. The maximum Gasteiger partial charge on any atom is 0.410 e. The fourth-order valence-corrected chi connectivity index (χ4v) is 3.73. The first-order valence-corrected chi connectivity index (χ1v) is 10.8. The normalized spacial score (nSPS) is 24.4. The lowest BCUT2D eigenvalue weighted by Gasteiger charge is -2.40. The summed E-state index contributed by atoms with van der Waals surface area (Å²) >= 11 is 0. The van der Waals surface area contributed by atoms with Crippen molar-refractivity contribution in [3.8, 4) is 0 Å². The monoisotopic (exact) mass is 299 g/mol. The Morgan fingerprint density at radius 1 is 1.35 bits per heavy atom. The van der Waals surface area contributed by atoms with Gasteiger partial charge in [-0.3, -0.25) is 0 Å². The summed E-state index contributed by atoms with van der Waals surface area (Å²) in [5, 5.41) is 11.3. The summed E-state index contributed by atoms with van der Waals surface area (Å²) in [5.41, 5.74) is -0.488. The van der Waals surface area contributed by atoms with Crippen molar-refractivity contribution in [3.05, 3.63) is 11.8 Å². The quantitative estimate of drug-likeness (QED) is 0.797. The Bertz CT molecular complexity index is 382. The standard InChI is InChI=1S/C15H29NO3Si/c1-11(20(5,6)7)12-10-16(9-8-13(12)17)14(18)19-15(2,3)4/h12-13,17H,1,8-10H2,2-7H3/t12-,13-/m0/s1. The highest BCUT2D eigenvalue weighted by Crippen LogP contribution is 2.30. The number of hydrogen-bond acceptors (Lipinski definition) is 3. The van der Waals surface area contributed by atoms with E-state index < -0.39 is 19.8 Å². The smallest absolute Gasteiger partial charge is 0.410 e. The number of aliphatic hydroxyl groups is 1. The predicted molar refractivity (Wildman–Crippen MR) is 84.4 cm³/mol. The van der Waals surface area contributed by atoms with E-state index in [0.717, 1.165) is 5.20 Å². The van der Waals surface area contributed by atoms with E-state index in [0.29, 0.717) is 19.5 Å². The number of carbonyl (C=O) groups excluding carboxylic acids is 1. The number of hydrogen-bond donors (Lipinski definition) is 1. The van der Waals surface area contributed by atoms with Crippen LogP contribution in [0.2, 0.25) is 19.6 Å². The Hall–Kier alpha value is -0.813. The molecule has 1 heterocycles. The average Bonchev–Trinajstić information content (AvgIpc) is 2.25. The molecule has 1 N–H and O–H groups in total. The van der Waals surface area contributed by atoms with Gasteiger partial charge in [-0.2, -0.15) is 0 Å². The zero-order chi connectivity index (χ0) is 15.7. The summed E-state index contributed by atoms with van der Waals surface area (Å²) < 4.78 is 5.41. The first-order chi connectivity index (χ1) is 8.92. The molecular formula is C15H29NO3Si. The van der Waals surface area contributed by atoms with Gasteiger partial charge in [-0.1, -0.05) is 24.8 Å². The lowest BCUT2D eigenvalue weighted by molar-refractivity contribution is -0.00103. The molecule has 5 heteroatoms. The van der Waals surface area contributed by atoms with E-state index in [2.05, 4.69) is 26.2 Å². The van der Waals surface area contributed by atoms with E-state index in [4.69, 9.17) is 4.74 Å². The molecule has 20 heavy (non-hydrogen) atoms. The van der Waals surface area contributed by atoms with Crippen LogP contribution in [-0.4, -0.2) is 49.0 Å². The van der Waals surface area contributed by atoms with E-state index in [-0.39, 0.29) is 12.0 Å². The molecule has 0 aromatic heterocycles. The molecule has 1 rings (SSSR count). The van der Waals surface area contributed by atoms with Gasteiger partial charge in [0, 0.05) is 19.0 Å². The van der Waals surface area contributed by atoms with Gasteiger partial charge in [-0.05, 0) is 27.2 Å². The maximum atomic E-state index is 12.1. The Morgan fingerprint density at radius 2 is 1.90 bits per heavy atom. The van der Waals surface area contributed by atoms with Gasteiger partial charge in [0.05, 0.1) is 14.2 Å². The molecule has 1 fully saturated rings. The van der Waals surface area contributed by atoms with Crippen molar-refractivity contribution in [2.24, 2.45) is 5.92 Å². The minimum atomic E-state index is -1.53. The minimum Gasteiger partial charge on any atom is -0.444 e. The molecule has 1 aliphatic heterocycles. The highest BCUT2D eigenvalue weighted by molar-refractivity contribution is 6.83. The van der Waals surface area contributed by atoms with Gasteiger partial charge < -0.3 is 14.7 Å². The number of rotatable bonds is 2. The highest BCUT2D eigenvalue weighted by atomic mass is 28.3. The molecule has 1 saturated heterocycles. The predicted octanol–water partition coefficient (Wildman–Crippen LogP) is 3.04. The van der Waals surface area contributed by atoms with Crippen molar-refractivity contribution in [1.29, 1.82) is 0 Å². The maximum absolute atomic E-state index is 12.1. The molecular weight excluding hydrogens is 270 g/mol. The summed E-state index contributed by atoms with van der Waals surface area (Å²) in [6.45, 7) is 17.5. The Morgan fingerprint density at radius 3 is 2.35 bits per heavy atom. The van der Waals surface area contributed by atoms with Crippen LogP contribution in [-0.2, 0) is 4.74 Å². The number of carbonyl (C=O) groups is 1. The summed E-state index contributed by atoms with van der Waals surface area (Å²) in [4.78, 5) is 13.8. The van der Waals surface area contributed by atoms with Crippen LogP contribution in [0.5, 0.6) is 0 Å². The summed E-state index contributed by atoms with van der Waals surface area (Å²) in [6, 6.07) is 0. The van der Waals surface area contributed by atoms with Crippen molar-refractivity contribution >= 4 is 14.2 Å². The lowest BCUT2D eigenvalue weighted by atomic mass is 9.95. The fraction of sp³-hybridized carbons (Fsp3) is 0.800. The molecule has 0 radical (unpaired) electrons. The molecule has 0 unspecified atom stereocenters. The van der Waals surface area contributed by atoms with E-state index >= 15 is 0 Å². The fourth-order valence-electron chi connectivity index (χ4n) is 2.33. The molecule has 0 aromatic rings. The number of aliphatic hydroxyl groups excluding tert-OH is 1. The second kappa shape index (κ2) is 5.90. The number of ether oxygens (including phenoxy) is 1. The second-order valence-corrected chi connectivity index (χ2v) is 12.8. The van der Waals surface area contributed by atoms with Gasteiger partial charge in [-0.15, -0.1) is 6.58 Å². The van der Waals surface area contributed by atoms with Crippen molar-refractivity contribution < 1.29 is 14.6 Å². The average molecular weight is 299 g/mol. The van der Waals surface area contributed by atoms with Crippen molar-refractivity contribution in [1.82, 2.24) is 4.90 Å². The van der Waals surface area contributed by atoms with Gasteiger partial charge in [0.15, 0.2) is 0 Å². The number of nitrogens with zero attached hydrogens (tertiary/aromatic N) is 1. The van der Waals surface area contributed by atoms with Crippen LogP contribution in [0, 0.1) is 5.92 Å². The Balaban J connectivity index is 2.76. The SMILES string of the molecule is C=C([C@@H]1CN(C(=O)OC(C)(C)C)CC[C@@H]1O)[Si](C)(C)C. The van der Waals surface area contributed by atoms with E-state index in [1.807, 2.05) is 20.8 Å². The molecule has 2 atom stereocenters. The lowest BCUT2D eigenvalue weighted by Crippen LogP contribution is -2.50. The Kier molecular flexibility index (Phi) is 5.08. The molecule has 1 aliphatic rings. The van der Waals surface area contributed by atoms with Crippen LogP contribution in [0.3, 0.4) is 0 Å². The second-order valence-electron chi connectivity index (χ2n) is 7.66. The largest absolute Gasteiger partial charge is 0.444 e. The van der Waals surface area contributed by atoms with Crippen LogP contribution < -0.4 is 0 Å². The topological polar surface area (TPSA) is 49.8 Å². The molecule has 0 aliphatic carbocycles. The number of likely N-dealkylation sites (tertiary alicyclic amines) is 1. The molecule has 0 saturated carbocycles. The molecule has 0 spiro atoms. The molecule has 4 nitrogen and oxygen atoms in total. The van der Waals surface area contributed by atoms with Gasteiger partial charge in [0.2, 0.25) is 0 Å². The van der Waals surface area contributed by atoms with Gasteiger partial charge >= 0.3 is 6.09 Å². The summed E-state index contributed by atoms with van der Waals surface area (Å²) in [5.74, 6) is -0.0251. The van der Waals surface area contributed by atoms with Crippen molar-refractivity contribution in [2.45, 2.75) is 58.5 Å². The van der Waals surface area contributed by atoms with Gasteiger partial charge in [0.25, 0.3) is 0 Å². The molecule has 116 valence electrons. The summed E-state index contributed by atoms with van der Waals surface area (Å²) in [6.07, 6.45) is -0.0985. The zero-order valence-electron chi connectivity index (χ0n) is 13.7. The van der Waals surface area contributed by atoms with E-state index in [1.165, 1.54) is 0 Å². The first-order valence-electron chi connectivity index (χ1n) is 7.27. The summed E-state index contributed by atoms with van der Waals surface area (Å²) in [7, 11) is -1.53. The molecule has 1 amide bonds. The van der Waals surface area contributed by atoms with Crippen molar-refractivity contribution in [2.75, 3.05) is 13.1 Å².